The van der Waals surface area contributed by atoms with Gasteiger partial charge in [0.25, 0.3) is 5.91 Å². The highest BCUT2D eigenvalue weighted by Crippen LogP contribution is 2.35. The number of nitrogens with one attached hydrogen (secondary N) is 2. The van der Waals surface area contributed by atoms with Gasteiger partial charge in [-0.2, -0.15) is 5.01 Å². The van der Waals surface area contributed by atoms with E-state index in [1.165, 1.54) is 11.8 Å². The van der Waals surface area contributed by atoms with Gasteiger partial charge >= 0.3 is 6.03 Å². The Balaban J connectivity index is 1.38. The lowest BCUT2D eigenvalue weighted by atomic mass is 9.77. The molecule has 2 N–H and O–H groups in total. The van der Waals surface area contributed by atoms with Crippen LogP contribution in [0.3, 0.4) is 0 Å². The molecule has 1 aromatic carbocycles. The fourth-order valence-corrected chi connectivity index (χ4v) is 4.88. The van der Waals surface area contributed by atoms with Crippen LogP contribution in [0.2, 0.25) is 0 Å². The van der Waals surface area contributed by atoms with Crippen molar-refractivity contribution in [3.8, 4) is 11.4 Å². The Labute approximate surface area is 184 Å². The molecule has 31 heavy (non-hydrogen) atoms. The summed E-state index contributed by atoms with van der Waals surface area (Å²) in [7, 11) is 0. The summed E-state index contributed by atoms with van der Waals surface area (Å²) in [4.78, 5) is 37.7. The number of carbonyl (C=O) groups excluding carboxylic acids is 3. The summed E-state index contributed by atoms with van der Waals surface area (Å²) in [6, 6.07) is 9.14. The van der Waals surface area contributed by atoms with E-state index in [9.17, 15) is 14.4 Å². The molecule has 1 saturated heterocycles. The van der Waals surface area contributed by atoms with E-state index in [-0.39, 0.29) is 11.7 Å². The molecule has 4 rings (SSSR count). The largest absolute Gasteiger partial charge is 0.344 e. The van der Waals surface area contributed by atoms with Crippen molar-refractivity contribution in [2.45, 2.75) is 56.8 Å². The second-order valence-electron chi connectivity index (χ2n) is 8.08. The lowest BCUT2D eigenvalue weighted by Crippen LogP contribution is -2.51. The number of nitrogens with zero attached hydrogens (tertiary/aromatic N) is 4. The first-order valence-corrected chi connectivity index (χ1v) is 11.5. The number of imide groups is 1. The molecule has 1 aliphatic carbocycles. The van der Waals surface area contributed by atoms with Gasteiger partial charge < -0.3 is 9.88 Å². The number of urea groups is 1. The number of amides is 4. The molecule has 9 nitrogen and oxygen atoms in total. The van der Waals surface area contributed by atoms with Gasteiger partial charge in [-0.3, -0.25) is 15.0 Å². The topological polar surface area (TPSA) is 109 Å². The summed E-state index contributed by atoms with van der Waals surface area (Å²) in [5, 5.41) is 12.7. The summed E-state index contributed by atoms with van der Waals surface area (Å²) in [6.07, 6.45) is 2.95. The fraction of sp³-hybridized carbons (Fsp3) is 0.476. The van der Waals surface area contributed by atoms with E-state index in [1.807, 2.05) is 41.8 Å². The van der Waals surface area contributed by atoms with Gasteiger partial charge in [-0.15, -0.1) is 10.2 Å². The molecule has 2 fully saturated rings. The molecule has 0 radical (unpaired) electrons. The van der Waals surface area contributed by atoms with E-state index in [2.05, 4.69) is 27.9 Å². The van der Waals surface area contributed by atoms with E-state index in [0.717, 1.165) is 29.2 Å². The Morgan fingerprint density at radius 3 is 2.61 bits per heavy atom. The number of rotatable bonds is 6. The van der Waals surface area contributed by atoms with Gasteiger partial charge in [0, 0.05) is 12.1 Å². The van der Waals surface area contributed by atoms with Crippen LogP contribution in [0.15, 0.2) is 35.5 Å². The number of carbonyl (C=O) groups is 3. The van der Waals surface area contributed by atoms with Crippen LogP contribution in [0, 0.1) is 5.92 Å². The molecule has 1 aromatic heterocycles. The maximum absolute atomic E-state index is 12.9. The maximum Gasteiger partial charge on any atom is 0.344 e. The minimum atomic E-state index is -0.878. The van der Waals surface area contributed by atoms with E-state index < -0.39 is 17.5 Å². The van der Waals surface area contributed by atoms with E-state index in [1.54, 1.807) is 0 Å². The Morgan fingerprint density at radius 2 is 1.94 bits per heavy atom. The molecule has 4 amide bonds. The average Bonchev–Trinajstić information content (AvgIpc) is 3.29. The highest BCUT2D eigenvalue weighted by molar-refractivity contribution is 7.99. The first kappa shape index (κ1) is 21.4. The monoisotopic (exact) mass is 442 g/mol. The quantitative estimate of drug-likeness (QED) is 0.526. The normalized spacial score (nSPS) is 23.3. The second-order valence-corrected chi connectivity index (χ2v) is 9.02. The van der Waals surface area contributed by atoms with Gasteiger partial charge in [0.2, 0.25) is 5.91 Å². The molecule has 2 heterocycles. The summed E-state index contributed by atoms with van der Waals surface area (Å²) < 4.78 is 1.93. The van der Waals surface area contributed by atoms with Gasteiger partial charge in [-0.25, -0.2) is 4.79 Å². The third-order valence-corrected chi connectivity index (χ3v) is 6.89. The summed E-state index contributed by atoms with van der Waals surface area (Å²) >= 11 is 1.22. The zero-order chi connectivity index (χ0) is 22.0. The summed E-state index contributed by atoms with van der Waals surface area (Å²) in [6.45, 7) is 4.77. The van der Waals surface area contributed by atoms with Gasteiger partial charge in [-0.1, -0.05) is 49.0 Å². The van der Waals surface area contributed by atoms with E-state index >= 15 is 0 Å². The van der Waals surface area contributed by atoms with Crippen LogP contribution in [-0.2, 0) is 16.1 Å². The molecule has 1 saturated carbocycles. The van der Waals surface area contributed by atoms with Crippen LogP contribution in [0.5, 0.6) is 0 Å². The lowest BCUT2D eigenvalue weighted by Gasteiger charge is -2.33. The van der Waals surface area contributed by atoms with Gasteiger partial charge in [0.05, 0.1) is 5.75 Å². The first-order chi connectivity index (χ1) is 14.9. The third kappa shape index (κ3) is 4.16. The molecule has 2 aliphatic rings. The van der Waals surface area contributed by atoms with Gasteiger partial charge in [0.15, 0.2) is 11.0 Å². The number of benzene rings is 1. The second kappa shape index (κ2) is 8.70. The minimum absolute atomic E-state index is 0.00795. The summed E-state index contributed by atoms with van der Waals surface area (Å²) in [5.74, 6) is 0.460. The van der Waals surface area contributed by atoms with Crippen molar-refractivity contribution < 1.29 is 14.4 Å². The molecule has 0 unspecified atom stereocenters. The van der Waals surface area contributed by atoms with Crippen molar-refractivity contribution in [2.24, 2.45) is 5.92 Å². The molecule has 0 atom stereocenters. The number of aromatic nitrogens is 3. The van der Waals surface area contributed by atoms with Crippen LogP contribution in [-0.4, -0.2) is 48.9 Å². The Bertz CT molecular complexity index is 984. The van der Waals surface area contributed by atoms with Crippen molar-refractivity contribution in [3.63, 3.8) is 0 Å². The van der Waals surface area contributed by atoms with Crippen LogP contribution in [0.4, 0.5) is 4.79 Å². The van der Waals surface area contributed by atoms with Crippen LogP contribution >= 0.6 is 11.8 Å². The fourth-order valence-electron chi connectivity index (χ4n) is 4.08. The Kier molecular flexibility index (Phi) is 5.99. The molecule has 1 aliphatic heterocycles. The molecule has 2 aromatic rings. The highest BCUT2D eigenvalue weighted by Gasteiger charge is 2.52. The van der Waals surface area contributed by atoms with Crippen molar-refractivity contribution in [1.82, 2.24) is 30.5 Å². The van der Waals surface area contributed by atoms with E-state index in [4.69, 9.17) is 0 Å². The number of hydrogen-bond donors (Lipinski definition) is 2. The number of thioether (sulfide) groups is 1. The molecular formula is C21H26N6O3S. The molecule has 164 valence electrons. The van der Waals surface area contributed by atoms with Crippen molar-refractivity contribution in [1.29, 1.82) is 0 Å². The third-order valence-electron chi connectivity index (χ3n) is 5.92. The summed E-state index contributed by atoms with van der Waals surface area (Å²) in [5.41, 5.74) is 2.53. The zero-order valence-corrected chi connectivity index (χ0v) is 18.4. The van der Waals surface area contributed by atoms with Crippen molar-refractivity contribution in [2.75, 3.05) is 5.75 Å². The number of hydrogen-bond acceptors (Lipinski definition) is 6. The predicted octanol–water partition coefficient (Wildman–Crippen LogP) is 2.59. The molecule has 10 heteroatoms. The Hall–Kier alpha value is -2.88. The molecule has 1 spiro atoms. The van der Waals surface area contributed by atoms with Crippen LogP contribution < -0.4 is 10.7 Å². The first-order valence-electron chi connectivity index (χ1n) is 10.5. The van der Waals surface area contributed by atoms with E-state index in [0.29, 0.717) is 30.5 Å². The minimum Gasteiger partial charge on any atom is -0.322 e. The average molecular weight is 443 g/mol. The number of hydrazine groups is 1. The van der Waals surface area contributed by atoms with Gasteiger partial charge in [0.1, 0.15) is 5.54 Å². The SMILES string of the molecule is CCn1c(SCC(=O)NN2C(=O)NC3(CCC(C)CC3)C2=O)nnc1-c1ccccc1. The predicted molar refractivity (Wildman–Crippen MR) is 116 cm³/mol. The zero-order valence-electron chi connectivity index (χ0n) is 17.6. The lowest BCUT2D eigenvalue weighted by molar-refractivity contribution is -0.139. The smallest absolute Gasteiger partial charge is 0.322 e. The molecule has 0 bridgehead atoms. The highest BCUT2D eigenvalue weighted by atomic mass is 32.2. The van der Waals surface area contributed by atoms with Gasteiger partial charge in [-0.05, 0) is 38.5 Å². The van der Waals surface area contributed by atoms with Crippen molar-refractivity contribution >= 4 is 29.6 Å². The van der Waals surface area contributed by atoms with Crippen molar-refractivity contribution in [3.05, 3.63) is 30.3 Å². The van der Waals surface area contributed by atoms with Crippen LogP contribution in [0.1, 0.15) is 39.5 Å². The Morgan fingerprint density at radius 1 is 1.23 bits per heavy atom. The maximum atomic E-state index is 12.9. The standard InChI is InChI=1S/C21H26N6O3S/c1-3-26-17(15-7-5-4-6-8-15)23-24-20(26)31-13-16(28)25-27-18(29)21(22-19(27)30)11-9-14(2)10-12-21/h4-8,14H,3,9-13H2,1-2H3,(H,22,30)(H,25,28). The molecular weight excluding hydrogens is 416 g/mol. The van der Waals surface area contributed by atoms with Crippen LogP contribution in [0.25, 0.3) is 11.4 Å².